The summed E-state index contributed by atoms with van der Waals surface area (Å²) in [5.41, 5.74) is 2.08. The fraction of sp³-hybridized carbons (Fsp3) is 0.417. The maximum absolute atomic E-state index is 13.1. The van der Waals surface area contributed by atoms with E-state index in [4.69, 9.17) is 0 Å². The van der Waals surface area contributed by atoms with E-state index in [1.165, 1.54) is 17.0 Å². The number of nitrogens with one attached hydrogen (secondary N) is 3. The van der Waals surface area contributed by atoms with E-state index in [2.05, 4.69) is 15.5 Å². The van der Waals surface area contributed by atoms with Crippen LogP contribution >= 0.6 is 0 Å². The van der Waals surface area contributed by atoms with Crippen molar-refractivity contribution in [2.45, 2.75) is 31.7 Å². The second-order valence-corrected chi connectivity index (χ2v) is 8.44. The van der Waals surface area contributed by atoms with Crippen molar-refractivity contribution < 1.29 is 18.9 Å². The summed E-state index contributed by atoms with van der Waals surface area (Å²) in [7, 11) is 0. The molecule has 0 bridgehead atoms. The third-order valence-electron chi connectivity index (χ3n) is 6.21. The highest BCUT2D eigenvalue weighted by atomic mass is 19.1. The standard InChI is InChI=1S/C24H29FN4O2/c25-18-9-11-20(12-10-18)29-15-13-28(14-16-29)17-23(30)27-22-8-4-3-7-21(22)24(31)26-19-5-1-2-6-19/h3-4,7-12,19H,1-2,5-6,13-17H2,(H,26,31)(H,27,30)/p+1. The van der Waals surface area contributed by atoms with Gasteiger partial charge in [0.05, 0.1) is 37.4 Å². The number of anilines is 2. The van der Waals surface area contributed by atoms with Crippen LogP contribution in [0.4, 0.5) is 15.8 Å². The Morgan fingerprint density at radius 1 is 1.00 bits per heavy atom. The first-order chi connectivity index (χ1) is 15.1. The number of nitrogens with zero attached hydrogens (tertiary/aromatic N) is 1. The van der Waals surface area contributed by atoms with Gasteiger partial charge in [-0.05, 0) is 49.2 Å². The van der Waals surface area contributed by atoms with Crippen LogP contribution in [0.2, 0.25) is 0 Å². The van der Waals surface area contributed by atoms with Gasteiger partial charge in [0.1, 0.15) is 5.82 Å². The smallest absolute Gasteiger partial charge is 0.279 e. The molecule has 1 aliphatic carbocycles. The van der Waals surface area contributed by atoms with E-state index >= 15 is 0 Å². The fourth-order valence-electron chi connectivity index (χ4n) is 4.45. The minimum Gasteiger partial charge on any atom is -0.360 e. The highest BCUT2D eigenvalue weighted by molar-refractivity contribution is 6.04. The number of hydrogen-bond acceptors (Lipinski definition) is 3. The minimum atomic E-state index is -0.234. The summed E-state index contributed by atoms with van der Waals surface area (Å²) in [5, 5.41) is 6.03. The first kappa shape index (κ1) is 21.3. The Morgan fingerprint density at radius 2 is 1.68 bits per heavy atom. The molecule has 2 aromatic rings. The molecule has 2 fully saturated rings. The Hall–Kier alpha value is -2.93. The Balaban J connectivity index is 1.29. The van der Waals surface area contributed by atoms with Gasteiger partial charge in [-0.15, -0.1) is 0 Å². The van der Waals surface area contributed by atoms with Gasteiger partial charge in [-0.2, -0.15) is 0 Å². The van der Waals surface area contributed by atoms with Gasteiger partial charge in [-0.25, -0.2) is 4.39 Å². The van der Waals surface area contributed by atoms with Crippen molar-refractivity contribution >= 4 is 23.2 Å². The molecule has 2 aromatic carbocycles. The molecule has 1 heterocycles. The van der Waals surface area contributed by atoms with E-state index in [1.807, 2.05) is 12.1 Å². The summed E-state index contributed by atoms with van der Waals surface area (Å²) < 4.78 is 13.1. The molecule has 6 nitrogen and oxygen atoms in total. The Morgan fingerprint density at radius 3 is 2.39 bits per heavy atom. The molecule has 1 aliphatic heterocycles. The van der Waals surface area contributed by atoms with Crippen LogP contribution < -0.4 is 20.4 Å². The molecule has 0 atom stereocenters. The average molecular weight is 426 g/mol. The lowest BCUT2D eigenvalue weighted by Crippen LogP contribution is -3.15. The van der Waals surface area contributed by atoms with Crippen LogP contribution in [0.3, 0.4) is 0 Å². The van der Waals surface area contributed by atoms with E-state index in [0.29, 0.717) is 17.8 Å². The van der Waals surface area contributed by atoms with Crippen LogP contribution in [0, 0.1) is 5.82 Å². The predicted octanol–water partition coefficient (Wildman–Crippen LogP) is 1.84. The number of quaternary nitrogens is 1. The van der Waals surface area contributed by atoms with Crippen LogP contribution in [-0.4, -0.2) is 50.6 Å². The average Bonchev–Trinajstić information content (AvgIpc) is 3.28. The number of carbonyl (C=O) groups excluding carboxylic acids is 2. The highest BCUT2D eigenvalue weighted by Crippen LogP contribution is 2.20. The molecule has 31 heavy (non-hydrogen) atoms. The van der Waals surface area contributed by atoms with Crippen LogP contribution in [0.1, 0.15) is 36.0 Å². The van der Waals surface area contributed by atoms with Crippen LogP contribution in [0.15, 0.2) is 48.5 Å². The second-order valence-electron chi connectivity index (χ2n) is 8.44. The molecule has 2 amide bonds. The molecular weight excluding hydrogens is 395 g/mol. The number of rotatable bonds is 6. The van der Waals surface area contributed by atoms with Crippen molar-refractivity contribution in [2.24, 2.45) is 0 Å². The number of hydrogen-bond donors (Lipinski definition) is 3. The van der Waals surface area contributed by atoms with Gasteiger partial charge in [0.15, 0.2) is 6.54 Å². The molecule has 0 aromatic heterocycles. The quantitative estimate of drug-likeness (QED) is 0.662. The number of piperazine rings is 1. The van der Waals surface area contributed by atoms with Crippen LogP contribution in [0.25, 0.3) is 0 Å². The van der Waals surface area contributed by atoms with E-state index in [9.17, 15) is 14.0 Å². The molecule has 1 saturated heterocycles. The first-order valence-electron chi connectivity index (χ1n) is 11.1. The van der Waals surface area contributed by atoms with E-state index in [1.54, 1.807) is 24.3 Å². The molecule has 2 aliphatic rings. The summed E-state index contributed by atoms with van der Waals surface area (Å²) in [5.74, 6) is -0.448. The Kier molecular flexibility index (Phi) is 6.82. The highest BCUT2D eigenvalue weighted by Gasteiger charge is 2.24. The third-order valence-corrected chi connectivity index (χ3v) is 6.21. The number of benzene rings is 2. The van der Waals surface area contributed by atoms with Crippen molar-refractivity contribution in [3.8, 4) is 0 Å². The van der Waals surface area contributed by atoms with Crippen molar-refractivity contribution in [3.63, 3.8) is 0 Å². The first-order valence-corrected chi connectivity index (χ1v) is 11.1. The summed E-state index contributed by atoms with van der Waals surface area (Å²) in [6.07, 6.45) is 4.35. The molecule has 0 unspecified atom stereocenters. The fourth-order valence-corrected chi connectivity index (χ4v) is 4.45. The van der Waals surface area contributed by atoms with Gasteiger partial charge in [0.25, 0.3) is 11.8 Å². The van der Waals surface area contributed by atoms with Crippen molar-refractivity contribution in [3.05, 3.63) is 59.9 Å². The zero-order valence-electron chi connectivity index (χ0n) is 17.7. The normalized spacial score (nSPS) is 17.5. The van der Waals surface area contributed by atoms with Crippen molar-refractivity contribution in [1.82, 2.24) is 5.32 Å². The molecule has 0 radical (unpaired) electrons. The Labute approximate surface area is 182 Å². The number of para-hydroxylation sites is 1. The minimum absolute atomic E-state index is 0.0913. The SMILES string of the molecule is O=C(C[NH+]1CCN(c2ccc(F)cc2)CC1)Nc1ccccc1C(=O)NC1CCCC1. The number of amides is 2. The van der Waals surface area contributed by atoms with Gasteiger partial charge in [-0.1, -0.05) is 25.0 Å². The monoisotopic (exact) mass is 425 g/mol. The summed E-state index contributed by atoms with van der Waals surface area (Å²) in [6.45, 7) is 3.64. The van der Waals surface area contributed by atoms with E-state index in [0.717, 1.165) is 57.5 Å². The zero-order chi connectivity index (χ0) is 21.6. The summed E-state index contributed by atoms with van der Waals surface area (Å²) >= 11 is 0. The lowest BCUT2D eigenvalue weighted by atomic mass is 10.1. The Bertz CT molecular complexity index is 904. The lowest BCUT2D eigenvalue weighted by Gasteiger charge is -2.33. The van der Waals surface area contributed by atoms with Crippen molar-refractivity contribution in [2.75, 3.05) is 42.9 Å². The molecule has 7 heteroatoms. The van der Waals surface area contributed by atoms with Crippen LogP contribution in [0.5, 0.6) is 0 Å². The molecule has 1 saturated carbocycles. The van der Waals surface area contributed by atoms with Gasteiger partial charge < -0.3 is 20.4 Å². The van der Waals surface area contributed by atoms with Crippen molar-refractivity contribution in [1.29, 1.82) is 0 Å². The second kappa shape index (κ2) is 9.92. The third kappa shape index (κ3) is 5.61. The topological polar surface area (TPSA) is 65.9 Å². The molecule has 3 N–H and O–H groups in total. The van der Waals surface area contributed by atoms with Crippen LogP contribution in [-0.2, 0) is 4.79 Å². The maximum atomic E-state index is 13.1. The number of carbonyl (C=O) groups is 2. The zero-order valence-corrected chi connectivity index (χ0v) is 17.7. The molecular formula is C24H30FN4O2+. The largest absolute Gasteiger partial charge is 0.360 e. The van der Waals surface area contributed by atoms with Gasteiger partial charge in [0, 0.05) is 11.7 Å². The number of halogens is 1. The molecule has 164 valence electrons. The molecule has 4 rings (SSSR count). The summed E-state index contributed by atoms with van der Waals surface area (Å²) in [4.78, 5) is 28.8. The lowest BCUT2D eigenvalue weighted by molar-refractivity contribution is -0.892. The van der Waals surface area contributed by atoms with Gasteiger partial charge >= 0.3 is 0 Å². The van der Waals surface area contributed by atoms with E-state index in [-0.39, 0.29) is 23.7 Å². The predicted molar refractivity (Wildman–Crippen MR) is 119 cm³/mol. The summed E-state index contributed by atoms with van der Waals surface area (Å²) in [6, 6.07) is 14.0. The maximum Gasteiger partial charge on any atom is 0.279 e. The molecule has 0 spiro atoms. The van der Waals surface area contributed by atoms with E-state index < -0.39 is 0 Å². The van der Waals surface area contributed by atoms with Gasteiger partial charge in [-0.3, -0.25) is 9.59 Å². The van der Waals surface area contributed by atoms with Gasteiger partial charge in [0.2, 0.25) is 0 Å².